The Labute approximate surface area is 136 Å². The van der Waals surface area contributed by atoms with Crippen LogP contribution < -0.4 is 0 Å². The van der Waals surface area contributed by atoms with Gasteiger partial charge in [0, 0.05) is 36.7 Å². The Morgan fingerprint density at radius 2 is 1.05 bits per heavy atom. The second-order valence-electron chi connectivity index (χ2n) is 6.04. The standard InChI is InChI=1S/C20H28N2/c1(3-5-7-13-19-15-9-11-17-21-19)2-4-6-8-14-20-16-10-12-18-22-20/h15-18H,1-8,11-14H2. The topological polar surface area (TPSA) is 24.7 Å². The Morgan fingerprint density at radius 1 is 0.636 bits per heavy atom. The van der Waals surface area contributed by atoms with Gasteiger partial charge in [-0.3, -0.25) is 9.98 Å². The lowest BCUT2D eigenvalue weighted by Gasteiger charge is -2.06. The summed E-state index contributed by atoms with van der Waals surface area (Å²) in [6.45, 7) is 0. The van der Waals surface area contributed by atoms with Crippen molar-refractivity contribution in [3.05, 3.63) is 36.4 Å². The molecule has 0 saturated heterocycles. The van der Waals surface area contributed by atoms with Crippen molar-refractivity contribution in [3.63, 3.8) is 0 Å². The summed E-state index contributed by atoms with van der Waals surface area (Å²) in [6, 6.07) is 0. The van der Waals surface area contributed by atoms with Crippen LogP contribution in [0.3, 0.4) is 0 Å². The van der Waals surface area contributed by atoms with Crippen LogP contribution in [-0.4, -0.2) is 12.4 Å². The van der Waals surface area contributed by atoms with E-state index in [9.17, 15) is 0 Å². The summed E-state index contributed by atoms with van der Waals surface area (Å²) in [5.41, 5.74) is 2.42. The van der Waals surface area contributed by atoms with Gasteiger partial charge in [-0.15, -0.1) is 0 Å². The summed E-state index contributed by atoms with van der Waals surface area (Å²) in [5.74, 6) is 0. The van der Waals surface area contributed by atoms with E-state index in [1.807, 2.05) is 12.4 Å². The van der Waals surface area contributed by atoms with Crippen molar-refractivity contribution in [3.8, 4) is 0 Å². The fraction of sp³-hybridized carbons (Fsp3) is 0.600. The number of nitrogens with zero attached hydrogens (tertiary/aromatic N) is 2. The van der Waals surface area contributed by atoms with Gasteiger partial charge in [-0.1, -0.05) is 50.7 Å². The van der Waals surface area contributed by atoms with Gasteiger partial charge in [0.25, 0.3) is 0 Å². The molecule has 0 amide bonds. The van der Waals surface area contributed by atoms with Crippen molar-refractivity contribution in [2.24, 2.45) is 9.98 Å². The minimum atomic E-state index is 0.879. The van der Waals surface area contributed by atoms with Crippen molar-refractivity contribution in [1.29, 1.82) is 0 Å². The van der Waals surface area contributed by atoms with Crippen LogP contribution in [0.2, 0.25) is 0 Å². The minimum Gasteiger partial charge on any atom is -0.266 e. The third-order valence-electron chi connectivity index (χ3n) is 4.09. The molecule has 2 heteroatoms. The van der Waals surface area contributed by atoms with E-state index < -0.39 is 0 Å². The Bertz CT molecular complexity index is 375. The molecule has 0 aromatic carbocycles. The van der Waals surface area contributed by atoms with Gasteiger partial charge in [0.05, 0.1) is 0 Å². The summed E-state index contributed by atoms with van der Waals surface area (Å²) in [7, 11) is 0. The number of hydrogen-bond donors (Lipinski definition) is 0. The lowest BCUT2D eigenvalue weighted by molar-refractivity contribution is 0.565. The van der Waals surface area contributed by atoms with Gasteiger partial charge < -0.3 is 0 Å². The van der Waals surface area contributed by atoms with Crippen molar-refractivity contribution >= 4 is 12.4 Å². The Balaban J connectivity index is 1.34. The van der Waals surface area contributed by atoms with E-state index in [0.717, 1.165) is 25.7 Å². The van der Waals surface area contributed by atoms with E-state index in [1.54, 1.807) is 0 Å². The molecular formula is C20H28N2. The van der Waals surface area contributed by atoms with E-state index in [1.165, 1.54) is 62.8 Å². The van der Waals surface area contributed by atoms with Crippen molar-refractivity contribution in [1.82, 2.24) is 0 Å². The monoisotopic (exact) mass is 296 g/mol. The molecule has 0 fully saturated rings. The molecule has 2 aliphatic heterocycles. The Morgan fingerprint density at radius 3 is 1.41 bits per heavy atom. The van der Waals surface area contributed by atoms with Crippen molar-refractivity contribution in [2.75, 3.05) is 0 Å². The normalized spacial score (nSPS) is 17.5. The lowest BCUT2D eigenvalue weighted by atomic mass is 10.0. The molecule has 0 saturated carbocycles. The van der Waals surface area contributed by atoms with Crippen LogP contribution in [0.5, 0.6) is 0 Å². The summed E-state index contributed by atoms with van der Waals surface area (Å²) in [5, 5.41) is 0. The Hall–Kier alpha value is -1.18. The second-order valence-corrected chi connectivity index (χ2v) is 6.04. The Kier molecular flexibility index (Phi) is 8.90. The summed E-state index contributed by atoms with van der Waals surface area (Å²) >= 11 is 0. The molecule has 2 rings (SSSR count). The van der Waals surface area contributed by atoms with Crippen LogP contribution in [0.15, 0.2) is 33.5 Å². The SMILES string of the molecule is [C]1C=C(CCCCCCCCCCC2=C[C]CC=N2)N=CC1. The van der Waals surface area contributed by atoms with Crippen molar-refractivity contribution < 1.29 is 0 Å². The largest absolute Gasteiger partial charge is 0.266 e. The van der Waals surface area contributed by atoms with Crippen LogP contribution in [-0.2, 0) is 0 Å². The van der Waals surface area contributed by atoms with Crippen molar-refractivity contribution in [2.45, 2.75) is 77.0 Å². The molecule has 0 aromatic rings. The second kappa shape index (κ2) is 11.4. The minimum absolute atomic E-state index is 0.879. The molecule has 0 atom stereocenters. The lowest BCUT2D eigenvalue weighted by Crippen LogP contribution is -1.90. The van der Waals surface area contributed by atoms with E-state index in [-0.39, 0.29) is 0 Å². The number of rotatable bonds is 11. The summed E-state index contributed by atoms with van der Waals surface area (Å²) < 4.78 is 0. The van der Waals surface area contributed by atoms with Gasteiger partial charge in [-0.2, -0.15) is 0 Å². The zero-order chi connectivity index (χ0) is 15.3. The third kappa shape index (κ3) is 7.72. The molecule has 2 nitrogen and oxygen atoms in total. The first-order chi connectivity index (χ1) is 10.9. The van der Waals surface area contributed by atoms with Crippen LogP contribution in [0.4, 0.5) is 0 Å². The number of hydrogen-bond acceptors (Lipinski definition) is 2. The third-order valence-corrected chi connectivity index (χ3v) is 4.09. The summed E-state index contributed by atoms with van der Waals surface area (Å²) in [4.78, 5) is 8.78. The van der Waals surface area contributed by atoms with Gasteiger partial charge in [0.15, 0.2) is 0 Å². The average Bonchev–Trinajstić information content (AvgIpc) is 2.58. The maximum absolute atomic E-state index is 4.39. The van der Waals surface area contributed by atoms with E-state index >= 15 is 0 Å². The van der Waals surface area contributed by atoms with E-state index in [4.69, 9.17) is 0 Å². The molecule has 0 aromatic heterocycles. The van der Waals surface area contributed by atoms with Gasteiger partial charge in [0.1, 0.15) is 0 Å². The molecule has 22 heavy (non-hydrogen) atoms. The highest BCUT2D eigenvalue weighted by Gasteiger charge is 2.00. The molecule has 2 heterocycles. The zero-order valence-corrected chi connectivity index (χ0v) is 13.7. The van der Waals surface area contributed by atoms with E-state index in [0.29, 0.717) is 0 Å². The predicted molar refractivity (Wildman–Crippen MR) is 95.0 cm³/mol. The number of aliphatic imine (C=N–C) groups is 2. The first-order valence-corrected chi connectivity index (χ1v) is 8.85. The molecule has 118 valence electrons. The number of allylic oxidation sites excluding steroid dienone is 4. The highest BCUT2D eigenvalue weighted by molar-refractivity contribution is 5.63. The molecule has 4 radical (unpaired) electrons. The molecular weight excluding hydrogens is 268 g/mol. The first-order valence-electron chi connectivity index (χ1n) is 8.85. The van der Waals surface area contributed by atoms with E-state index in [2.05, 4.69) is 35.0 Å². The molecule has 0 unspecified atom stereocenters. The molecule has 0 N–H and O–H groups in total. The quantitative estimate of drug-likeness (QED) is 0.433. The number of unbranched alkanes of at least 4 members (excludes halogenated alkanes) is 7. The predicted octanol–water partition coefficient (Wildman–Crippen LogP) is 5.77. The van der Waals surface area contributed by atoms with Gasteiger partial charge >= 0.3 is 0 Å². The molecule has 0 bridgehead atoms. The zero-order valence-electron chi connectivity index (χ0n) is 13.7. The first kappa shape index (κ1) is 17.2. The highest BCUT2D eigenvalue weighted by Crippen LogP contribution is 2.17. The summed E-state index contributed by atoms with van der Waals surface area (Å²) in [6.07, 6.45) is 29.1. The van der Waals surface area contributed by atoms with Crippen LogP contribution in [0.1, 0.15) is 77.0 Å². The van der Waals surface area contributed by atoms with Gasteiger partial charge in [0.2, 0.25) is 0 Å². The van der Waals surface area contributed by atoms with Gasteiger partial charge in [-0.05, 0) is 38.5 Å². The fourth-order valence-electron chi connectivity index (χ4n) is 2.81. The smallest absolute Gasteiger partial charge is 0.0366 e. The fourth-order valence-corrected chi connectivity index (χ4v) is 2.81. The van der Waals surface area contributed by atoms with Crippen LogP contribution in [0.25, 0.3) is 0 Å². The van der Waals surface area contributed by atoms with Gasteiger partial charge in [-0.25, -0.2) is 0 Å². The van der Waals surface area contributed by atoms with Crippen LogP contribution >= 0.6 is 0 Å². The maximum atomic E-state index is 4.39. The molecule has 0 aliphatic carbocycles. The average molecular weight is 296 g/mol. The maximum Gasteiger partial charge on any atom is 0.0366 e. The molecule has 2 aliphatic rings. The van der Waals surface area contributed by atoms with Crippen LogP contribution in [0, 0.1) is 12.8 Å². The highest BCUT2D eigenvalue weighted by atomic mass is 14.7. The molecule has 0 spiro atoms.